The number of imide groups is 1. The zero-order chi connectivity index (χ0) is 13.5. The maximum atomic E-state index is 12.0. The first kappa shape index (κ1) is 13.4. The van der Waals surface area contributed by atoms with Crippen molar-refractivity contribution in [1.82, 2.24) is 4.90 Å². The van der Waals surface area contributed by atoms with Crippen LogP contribution in [0.2, 0.25) is 0 Å². The molecule has 2 rings (SSSR count). The molecule has 0 aromatic carbocycles. The van der Waals surface area contributed by atoms with Gasteiger partial charge < -0.3 is 0 Å². The van der Waals surface area contributed by atoms with Gasteiger partial charge in [0.05, 0.1) is 4.91 Å². The van der Waals surface area contributed by atoms with E-state index < -0.39 is 0 Å². The molecule has 2 heterocycles. The summed E-state index contributed by atoms with van der Waals surface area (Å²) in [5.41, 5.74) is 2.11. The highest BCUT2D eigenvalue weighted by Crippen LogP contribution is 2.46. The summed E-state index contributed by atoms with van der Waals surface area (Å²) in [4.78, 5) is 25.7. The minimum absolute atomic E-state index is 0.123. The summed E-state index contributed by atoms with van der Waals surface area (Å²) in [6.45, 7) is 6.58. The average Bonchev–Trinajstić information content (AvgIpc) is 2.62. The van der Waals surface area contributed by atoms with Crippen molar-refractivity contribution in [3.63, 3.8) is 0 Å². The van der Waals surface area contributed by atoms with E-state index >= 15 is 0 Å². The van der Waals surface area contributed by atoms with Crippen molar-refractivity contribution in [2.75, 3.05) is 7.05 Å². The molecule has 2 aliphatic heterocycles. The number of likely N-dealkylation sites (N-methyl/N-ethyl adjacent to an activating group) is 1. The number of carbonyl (C=O) groups excluding carboxylic acids is 2. The van der Waals surface area contributed by atoms with Crippen molar-refractivity contribution in [3.05, 3.63) is 21.5 Å². The summed E-state index contributed by atoms with van der Waals surface area (Å²) in [6, 6.07) is 0. The Bertz CT molecular complexity index is 472. The first-order valence-electron chi connectivity index (χ1n) is 6.36. The zero-order valence-corrected chi connectivity index (χ0v) is 12.2. The van der Waals surface area contributed by atoms with E-state index in [1.807, 2.05) is 0 Å². The molecule has 0 aromatic heterocycles. The summed E-state index contributed by atoms with van der Waals surface area (Å²) in [6.07, 6.45) is 2.74. The molecule has 3 nitrogen and oxygen atoms in total. The van der Waals surface area contributed by atoms with Gasteiger partial charge in [0.2, 0.25) is 0 Å². The first-order valence-corrected chi connectivity index (χ1v) is 7.24. The Morgan fingerprint density at radius 2 is 1.89 bits per heavy atom. The molecule has 0 atom stereocenters. The smallest absolute Gasteiger partial charge is 0.267 e. The summed E-state index contributed by atoms with van der Waals surface area (Å²) in [7, 11) is 1.56. The largest absolute Gasteiger partial charge is 0.277 e. The van der Waals surface area contributed by atoms with Crippen LogP contribution in [0, 0.1) is 5.41 Å². The first-order chi connectivity index (χ1) is 8.44. The van der Waals surface area contributed by atoms with Crippen LogP contribution in [0.1, 0.15) is 40.0 Å². The van der Waals surface area contributed by atoms with Gasteiger partial charge in [0.1, 0.15) is 0 Å². The molecule has 0 aliphatic carbocycles. The van der Waals surface area contributed by atoms with Crippen molar-refractivity contribution in [1.29, 1.82) is 0 Å². The van der Waals surface area contributed by atoms with Crippen molar-refractivity contribution in [3.8, 4) is 0 Å². The van der Waals surface area contributed by atoms with Crippen LogP contribution in [0.15, 0.2) is 21.5 Å². The van der Waals surface area contributed by atoms with Gasteiger partial charge in [-0.3, -0.25) is 14.5 Å². The zero-order valence-electron chi connectivity index (χ0n) is 11.4. The van der Waals surface area contributed by atoms with E-state index in [-0.39, 0.29) is 17.2 Å². The number of rotatable bonds is 3. The molecule has 0 radical (unpaired) electrons. The highest BCUT2D eigenvalue weighted by atomic mass is 32.2. The summed E-state index contributed by atoms with van der Waals surface area (Å²) in [5, 5.41) is 2.08. The summed E-state index contributed by atoms with van der Waals surface area (Å²) >= 11 is 1.42. The third-order valence-electron chi connectivity index (χ3n) is 4.36. The number of amides is 2. The van der Waals surface area contributed by atoms with Crippen LogP contribution in [0.3, 0.4) is 0 Å². The fraction of sp³-hybridized carbons (Fsp3) is 0.571. The van der Waals surface area contributed by atoms with Gasteiger partial charge in [-0.25, -0.2) is 0 Å². The van der Waals surface area contributed by atoms with Crippen LogP contribution in [-0.2, 0) is 9.59 Å². The second-order valence-corrected chi connectivity index (χ2v) is 6.06. The van der Waals surface area contributed by atoms with E-state index in [9.17, 15) is 9.59 Å². The van der Waals surface area contributed by atoms with Crippen LogP contribution < -0.4 is 0 Å². The minimum Gasteiger partial charge on any atom is -0.277 e. The SMILES string of the molecule is CCC(C)(CC)C1=CSC2=C(C1)C(=O)N(C)C2=O. The third-order valence-corrected chi connectivity index (χ3v) is 5.42. The highest BCUT2D eigenvalue weighted by molar-refractivity contribution is 8.06. The molecular formula is C14H19NO2S. The molecule has 98 valence electrons. The molecule has 0 saturated carbocycles. The predicted molar refractivity (Wildman–Crippen MR) is 73.8 cm³/mol. The average molecular weight is 265 g/mol. The quantitative estimate of drug-likeness (QED) is 0.736. The van der Waals surface area contributed by atoms with Crippen LogP contribution >= 0.6 is 11.8 Å². The van der Waals surface area contributed by atoms with Crippen molar-refractivity contribution in [2.45, 2.75) is 40.0 Å². The van der Waals surface area contributed by atoms with Crippen LogP contribution in [-0.4, -0.2) is 23.8 Å². The topological polar surface area (TPSA) is 37.4 Å². The normalized spacial score (nSPS) is 20.4. The van der Waals surface area contributed by atoms with Crippen LogP contribution in [0.25, 0.3) is 0 Å². The van der Waals surface area contributed by atoms with Gasteiger partial charge >= 0.3 is 0 Å². The lowest BCUT2D eigenvalue weighted by atomic mass is 9.75. The number of hydrogen-bond donors (Lipinski definition) is 0. The second-order valence-electron chi connectivity index (χ2n) is 5.18. The molecule has 0 fully saturated rings. The standard InChI is InChI=1S/C14H19NO2S/c1-5-14(3,6-2)9-7-10-11(18-8-9)13(17)15(4)12(10)16/h8H,5-7H2,1-4H3. The summed E-state index contributed by atoms with van der Waals surface area (Å²) < 4.78 is 0. The lowest BCUT2D eigenvalue weighted by Gasteiger charge is -2.32. The summed E-state index contributed by atoms with van der Waals surface area (Å²) in [5.74, 6) is -0.271. The molecule has 0 aromatic rings. The van der Waals surface area contributed by atoms with E-state index in [1.54, 1.807) is 7.05 Å². The minimum atomic E-state index is -0.148. The van der Waals surface area contributed by atoms with Gasteiger partial charge in [-0.15, -0.1) is 0 Å². The molecule has 0 unspecified atom stereocenters. The Morgan fingerprint density at radius 1 is 1.28 bits per heavy atom. The van der Waals surface area contributed by atoms with Crippen molar-refractivity contribution >= 4 is 23.6 Å². The molecule has 0 spiro atoms. The predicted octanol–water partition coefficient (Wildman–Crippen LogP) is 3.09. The molecule has 18 heavy (non-hydrogen) atoms. The number of thioether (sulfide) groups is 1. The van der Waals surface area contributed by atoms with E-state index in [2.05, 4.69) is 26.2 Å². The third kappa shape index (κ3) is 1.83. The van der Waals surface area contributed by atoms with Crippen LogP contribution in [0.4, 0.5) is 0 Å². The molecule has 0 bridgehead atoms. The molecule has 4 heteroatoms. The van der Waals surface area contributed by atoms with Crippen molar-refractivity contribution in [2.24, 2.45) is 5.41 Å². The van der Waals surface area contributed by atoms with E-state index in [1.165, 1.54) is 22.2 Å². The van der Waals surface area contributed by atoms with Gasteiger partial charge in [0.25, 0.3) is 11.8 Å². The highest BCUT2D eigenvalue weighted by Gasteiger charge is 2.40. The van der Waals surface area contributed by atoms with E-state index in [0.717, 1.165) is 12.8 Å². The monoisotopic (exact) mass is 265 g/mol. The van der Waals surface area contributed by atoms with Gasteiger partial charge in [-0.1, -0.05) is 38.1 Å². The fourth-order valence-corrected chi connectivity index (χ4v) is 3.54. The number of carbonyl (C=O) groups is 2. The van der Waals surface area contributed by atoms with Gasteiger partial charge in [0.15, 0.2) is 0 Å². The van der Waals surface area contributed by atoms with Gasteiger partial charge in [-0.05, 0) is 23.7 Å². The molecule has 2 aliphatic rings. The molecule has 2 amide bonds. The molecule has 0 saturated heterocycles. The molecular weight excluding hydrogens is 246 g/mol. The molecule has 0 N–H and O–H groups in total. The maximum Gasteiger partial charge on any atom is 0.267 e. The van der Waals surface area contributed by atoms with Crippen molar-refractivity contribution < 1.29 is 9.59 Å². The Labute approximate surface area is 112 Å². The Hall–Kier alpha value is -1.03. The lowest BCUT2D eigenvalue weighted by Crippen LogP contribution is -2.27. The van der Waals surface area contributed by atoms with Gasteiger partial charge in [-0.2, -0.15) is 0 Å². The number of allylic oxidation sites excluding steroid dienone is 1. The van der Waals surface area contributed by atoms with Crippen LogP contribution in [0.5, 0.6) is 0 Å². The fourth-order valence-electron chi connectivity index (χ4n) is 2.37. The number of hydrogen-bond acceptors (Lipinski definition) is 3. The Morgan fingerprint density at radius 3 is 2.44 bits per heavy atom. The maximum absolute atomic E-state index is 12.0. The van der Waals surface area contributed by atoms with E-state index in [4.69, 9.17) is 0 Å². The second kappa shape index (κ2) is 4.57. The van der Waals surface area contributed by atoms with E-state index in [0.29, 0.717) is 16.9 Å². The Balaban J connectivity index is 2.29. The number of nitrogens with zero attached hydrogens (tertiary/aromatic N) is 1. The van der Waals surface area contributed by atoms with Gasteiger partial charge in [0, 0.05) is 19.0 Å². The Kier molecular flexibility index (Phi) is 3.41. The lowest BCUT2D eigenvalue weighted by molar-refractivity contribution is -0.135.